The van der Waals surface area contributed by atoms with E-state index in [1.54, 1.807) is 10.8 Å². The Morgan fingerprint density at radius 2 is 1.35 bits per heavy atom. The Kier molecular flexibility index (Phi) is 15.1. The summed E-state index contributed by atoms with van der Waals surface area (Å²) >= 11 is 0. The molecule has 0 unspecified atom stereocenters. The van der Waals surface area contributed by atoms with Crippen molar-refractivity contribution in [1.29, 1.82) is 0 Å². The van der Waals surface area contributed by atoms with Crippen LogP contribution in [0.25, 0.3) is 61.6 Å². The second-order valence-electron chi connectivity index (χ2n) is 20.9. The van der Waals surface area contributed by atoms with Crippen LogP contribution in [0.15, 0.2) is 140 Å². The molecule has 8 aromatic rings. The van der Waals surface area contributed by atoms with Gasteiger partial charge < -0.3 is 9.55 Å². The van der Waals surface area contributed by atoms with Gasteiger partial charge in [0.2, 0.25) is 0 Å². The van der Waals surface area contributed by atoms with Crippen LogP contribution >= 0.6 is 0 Å². The normalized spacial score (nSPS) is 14.3. The maximum absolute atomic E-state index is 5.32. The van der Waals surface area contributed by atoms with Gasteiger partial charge in [0.25, 0.3) is 0 Å². The smallest absolute Gasteiger partial charge is 0.0798 e. The van der Waals surface area contributed by atoms with Crippen molar-refractivity contribution in [2.24, 2.45) is 5.92 Å². The van der Waals surface area contributed by atoms with Gasteiger partial charge in [-0.15, -0.1) is 65.2 Å². The summed E-state index contributed by atoms with van der Waals surface area (Å²) in [4.78, 5) is 10.1. The summed E-state index contributed by atoms with van der Waals surface area (Å²) in [5.74, 6) is 2.57. The Balaban J connectivity index is 0.000000220. The van der Waals surface area contributed by atoms with Crippen molar-refractivity contribution in [3.8, 4) is 50.6 Å². The molecule has 0 spiro atoms. The summed E-state index contributed by atoms with van der Waals surface area (Å²) in [7, 11) is -1.36. The van der Waals surface area contributed by atoms with Crippen LogP contribution in [0, 0.1) is 18.1 Å². The predicted molar refractivity (Wildman–Crippen MR) is 288 cm³/mol. The molecular weight excluding hydrogens is 1020 g/mol. The molecule has 0 aliphatic heterocycles. The summed E-state index contributed by atoms with van der Waals surface area (Å²) in [6.07, 6.45) is 12.6. The Morgan fingerprint density at radius 1 is 0.676 bits per heavy atom. The van der Waals surface area contributed by atoms with Gasteiger partial charge in [-0.25, -0.2) is 0 Å². The third kappa shape index (κ3) is 9.56. The van der Waals surface area contributed by atoms with Gasteiger partial charge in [-0.3, -0.25) is 4.98 Å². The average Bonchev–Trinajstić information content (AvgIpc) is 3.87. The van der Waals surface area contributed by atoms with Gasteiger partial charge in [-0.05, 0) is 92.0 Å². The molecule has 0 saturated heterocycles. The monoisotopic (exact) mass is 1090 g/mol. The van der Waals surface area contributed by atoms with Crippen molar-refractivity contribution in [2.75, 3.05) is 0 Å². The number of rotatable bonds is 11. The molecule has 2 aromatic heterocycles. The predicted octanol–water partition coefficient (Wildman–Crippen LogP) is 16.7. The molecule has 2 heterocycles. The number of imidazole rings is 1. The molecule has 68 heavy (non-hydrogen) atoms. The fourth-order valence-electron chi connectivity index (χ4n) is 11.3. The minimum Gasteiger partial charge on any atom is -0.333 e. The number of hydrogen-bond donors (Lipinski definition) is 0. The number of nitrogens with zero attached hydrogens (tertiary/aromatic N) is 3. The molecule has 3 nitrogen and oxygen atoms in total. The molecule has 2 aliphatic carbocycles. The zero-order valence-electron chi connectivity index (χ0n) is 41.8. The molecule has 5 heteroatoms. The largest absolute Gasteiger partial charge is 0.333 e. The molecule has 1 radical (unpaired) electrons. The van der Waals surface area contributed by atoms with Gasteiger partial charge in [0.1, 0.15) is 0 Å². The number of benzene rings is 6. The third-order valence-electron chi connectivity index (χ3n) is 15.0. The van der Waals surface area contributed by atoms with Crippen LogP contribution in [0.3, 0.4) is 0 Å². The second kappa shape index (κ2) is 20.8. The Hall–Kier alpha value is -5.19. The van der Waals surface area contributed by atoms with Gasteiger partial charge in [-0.1, -0.05) is 196 Å². The van der Waals surface area contributed by atoms with Crippen molar-refractivity contribution in [1.82, 2.24) is 14.5 Å². The Bertz CT molecular complexity index is 2960. The van der Waals surface area contributed by atoms with Crippen LogP contribution in [0.5, 0.6) is 0 Å². The molecule has 351 valence electrons. The summed E-state index contributed by atoms with van der Waals surface area (Å²) < 4.78 is 2.42. The number of hydrogen-bond acceptors (Lipinski definition) is 2. The molecule has 1 fully saturated rings. The van der Waals surface area contributed by atoms with E-state index in [9.17, 15) is 0 Å². The minimum atomic E-state index is -1.36. The summed E-state index contributed by atoms with van der Waals surface area (Å²) in [5, 5.41) is 1.54. The zero-order valence-corrected chi connectivity index (χ0v) is 45.2. The van der Waals surface area contributed by atoms with Crippen molar-refractivity contribution in [3.63, 3.8) is 0 Å². The molecule has 6 aromatic carbocycles. The molecule has 0 bridgehead atoms. The van der Waals surface area contributed by atoms with E-state index in [1.165, 1.54) is 88.7 Å². The number of fused-ring (bicyclic) bond motifs is 4. The summed E-state index contributed by atoms with van der Waals surface area (Å²) in [6, 6.07) is 55.5. The third-order valence-corrected chi connectivity index (χ3v) is 17.1. The molecule has 0 atom stereocenters. The van der Waals surface area contributed by atoms with Crippen LogP contribution < -0.4 is 5.19 Å². The summed E-state index contributed by atoms with van der Waals surface area (Å²) in [6.45, 7) is 21.1. The SMILES string of the molecule is CCC1(CC)c2c[c-]c(-c3nc4ccccc4n3-c3c(C(C)C)cccc3C(C)C)cc2-c2cc(-c3ccccc3)ccc21.C[Si](C)(C)c1cnc(-c2[c-]cccc2)cc1CC1CCCCC1.[Ir]. The van der Waals surface area contributed by atoms with Gasteiger partial charge in [-0.2, -0.15) is 0 Å². The number of aromatic nitrogens is 3. The first-order valence-electron chi connectivity index (χ1n) is 25.3. The maximum atomic E-state index is 5.32. The van der Waals surface area contributed by atoms with Gasteiger partial charge in [0.15, 0.2) is 0 Å². The van der Waals surface area contributed by atoms with Gasteiger partial charge in [0, 0.05) is 32.0 Å². The summed E-state index contributed by atoms with van der Waals surface area (Å²) in [5.41, 5.74) is 18.8. The van der Waals surface area contributed by atoms with Crippen molar-refractivity contribution >= 4 is 24.3 Å². The van der Waals surface area contributed by atoms with E-state index in [1.807, 2.05) is 12.1 Å². The van der Waals surface area contributed by atoms with Crippen molar-refractivity contribution in [2.45, 2.75) is 130 Å². The molecule has 10 rings (SSSR count). The van der Waals surface area contributed by atoms with E-state index in [4.69, 9.17) is 9.97 Å². The Morgan fingerprint density at radius 3 is 2.01 bits per heavy atom. The molecule has 0 amide bonds. The molecule has 0 N–H and O–H groups in total. The van der Waals surface area contributed by atoms with E-state index in [2.05, 4.69) is 205 Å². The van der Waals surface area contributed by atoms with Crippen LogP contribution in [-0.4, -0.2) is 22.6 Å². The van der Waals surface area contributed by atoms with Crippen LogP contribution in [0.2, 0.25) is 19.6 Å². The minimum absolute atomic E-state index is 0. The van der Waals surface area contributed by atoms with Crippen molar-refractivity contribution < 1.29 is 20.1 Å². The fraction of sp³-hybridized carbons (Fsp3) is 0.333. The first-order valence-corrected chi connectivity index (χ1v) is 28.8. The molecular formula is C63H69IrN3Si-2. The van der Waals surface area contributed by atoms with Gasteiger partial charge in [0.05, 0.1) is 24.9 Å². The standard InChI is InChI=1S/C42H41N2.C21H28NSi.Ir/c1-7-42(8-2)36-23-21-30(29-15-10-9-11-16-29)25-34(36)35-26-31(22-24-37(35)42)41-43-38-19-12-13-20-39(38)44(41)40-32(27(3)4)17-14-18-33(40)28(5)6;1-23(2,3)21-16-22-20(18-12-8-5-9-13-18)15-19(21)14-17-10-6-4-7-11-17;/h9-21,23-28H,7-8H2,1-6H3;5,8-9,12,15-17H,4,6-7,10-11,14H2,1-3H3;/q2*-1;. The van der Waals surface area contributed by atoms with E-state index in [0.29, 0.717) is 11.8 Å². The molecule has 1 saturated carbocycles. The number of para-hydroxylation sites is 3. The van der Waals surface area contributed by atoms with Crippen LogP contribution in [-0.2, 0) is 31.9 Å². The second-order valence-corrected chi connectivity index (χ2v) is 25.9. The first-order chi connectivity index (χ1) is 32.4. The maximum Gasteiger partial charge on any atom is 0.0798 e. The average molecular weight is 1090 g/mol. The van der Waals surface area contributed by atoms with Crippen LogP contribution in [0.4, 0.5) is 0 Å². The van der Waals surface area contributed by atoms with E-state index < -0.39 is 8.07 Å². The van der Waals surface area contributed by atoms with E-state index >= 15 is 0 Å². The zero-order chi connectivity index (χ0) is 46.9. The van der Waals surface area contributed by atoms with E-state index in [0.717, 1.165) is 52.4 Å². The van der Waals surface area contributed by atoms with Gasteiger partial charge >= 0.3 is 0 Å². The topological polar surface area (TPSA) is 30.7 Å². The Labute approximate surface area is 422 Å². The van der Waals surface area contributed by atoms with Crippen LogP contribution in [0.1, 0.15) is 126 Å². The molecule has 2 aliphatic rings. The number of pyridine rings is 1. The quantitative estimate of drug-likeness (QED) is 0.0955. The van der Waals surface area contributed by atoms with Crippen molar-refractivity contribution in [3.05, 3.63) is 180 Å². The van der Waals surface area contributed by atoms with E-state index in [-0.39, 0.29) is 25.5 Å². The first kappa shape index (κ1) is 49.2. The fourth-order valence-corrected chi connectivity index (χ4v) is 12.9.